The summed E-state index contributed by atoms with van der Waals surface area (Å²) in [6, 6.07) is 0. The van der Waals surface area contributed by atoms with Crippen molar-refractivity contribution in [1.82, 2.24) is 0 Å². The molecule has 1 aliphatic rings. The van der Waals surface area contributed by atoms with Crippen molar-refractivity contribution in [3.05, 3.63) is 23.8 Å². The van der Waals surface area contributed by atoms with Gasteiger partial charge in [0.25, 0.3) is 0 Å². The van der Waals surface area contributed by atoms with Crippen LogP contribution in [0.5, 0.6) is 0 Å². The van der Waals surface area contributed by atoms with Crippen molar-refractivity contribution in [3.63, 3.8) is 0 Å². The molecule has 96 valence electrons. The third-order valence-corrected chi connectivity index (χ3v) is 2.90. The first-order valence-electron chi connectivity index (χ1n) is 5.40. The van der Waals surface area contributed by atoms with Gasteiger partial charge in [-0.1, -0.05) is 32.1 Å². The number of hydrogen-bond acceptors (Lipinski definition) is 3. The molecule has 0 spiro atoms. The second-order valence-corrected chi connectivity index (χ2v) is 4.35. The predicted molar refractivity (Wildman–Crippen MR) is 56.1 cm³/mol. The number of rotatable bonds is 5. The van der Waals surface area contributed by atoms with Crippen LogP contribution in [0.3, 0.4) is 0 Å². The van der Waals surface area contributed by atoms with E-state index in [1.807, 2.05) is 0 Å². The van der Waals surface area contributed by atoms with E-state index in [4.69, 9.17) is 0 Å². The largest absolute Gasteiger partial charge is 0.550 e. The van der Waals surface area contributed by atoms with Crippen LogP contribution in [-0.4, -0.2) is 18.2 Å². The molecule has 1 rings (SSSR count). The van der Waals surface area contributed by atoms with Crippen molar-refractivity contribution >= 4 is 5.97 Å². The summed E-state index contributed by atoms with van der Waals surface area (Å²) in [4.78, 5) is 10.4. The van der Waals surface area contributed by atoms with E-state index in [1.54, 1.807) is 19.9 Å². The summed E-state index contributed by atoms with van der Waals surface area (Å²) < 4.78 is 29.4. The third-order valence-electron chi connectivity index (χ3n) is 2.90. The minimum atomic E-state index is -2.85. The van der Waals surface area contributed by atoms with Crippen LogP contribution in [0.1, 0.15) is 26.7 Å². The molecule has 0 aromatic heterocycles. The number of halogens is 2. The van der Waals surface area contributed by atoms with E-state index in [-0.39, 0.29) is 18.8 Å². The summed E-state index contributed by atoms with van der Waals surface area (Å²) in [6.07, 6.45) is 4.68. The molecule has 0 N–H and O–H groups in total. The summed E-state index contributed by atoms with van der Waals surface area (Å²) in [7, 11) is 0. The van der Waals surface area contributed by atoms with Crippen molar-refractivity contribution in [3.8, 4) is 0 Å². The molecule has 0 saturated carbocycles. The molecular formula is C12H15F2O3-. The van der Waals surface area contributed by atoms with Crippen LogP contribution in [-0.2, 0) is 9.53 Å². The molecule has 3 nitrogen and oxygen atoms in total. The summed E-state index contributed by atoms with van der Waals surface area (Å²) in [5.74, 6) is -1.32. The van der Waals surface area contributed by atoms with Crippen LogP contribution < -0.4 is 5.11 Å². The van der Waals surface area contributed by atoms with Crippen LogP contribution >= 0.6 is 0 Å². The summed E-state index contributed by atoms with van der Waals surface area (Å²) in [5.41, 5.74) is -0.497. The van der Waals surface area contributed by atoms with E-state index in [0.717, 1.165) is 0 Å². The molecule has 0 bridgehead atoms. The molecule has 17 heavy (non-hydrogen) atoms. The van der Waals surface area contributed by atoms with E-state index >= 15 is 0 Å². The normalized spacial score (nSPS) is 24.2. The molecule has 1 atom stereocenters. The van der Waals surface area contributed by atoms with Crippen molar-refractivity contribution in [1.29, 1.82) is 0 Å². The lowest BCUT2D eigenvalue weighted by molar-refractivity contribution is -0.304. The standard InChI is InChI=1S/C12H16F2O3/c1-8(2)12(17-11(13)14)5-3-9(4-6-12)7-10(15)16/h3-5,8,11H,6-7H2,1-2H3,(H,15,16)/p-1. The molecule has 5 heteroatoms. The van der Waals surface area contributed by atoms with Gasteiger partial charge in [0.05, 0.1) is 5.60 Å². The maximum atomic E-state index is 12.4. The number of ether oxygens (including phenoxy) is 1. The number of alkyl halides is 2. The number of carbonyl (C=O) groups is 1. The SMILES string of the molecule is CC(C)C1(OC(F)F)C=CC(CC(=O)[O-])=CC1. The molecule has 0 saturated heterocycles. The fraction of sp³-hybridized carbons (Fsp3) is 0.583. The zero-order valence-electron chi connectivity index (χ0n) is 9.78. The highest BCUT2D eigenvalue weighted by Gasteiger charge is 2.35. The lowest BCUT2D eigenvalue weighted by Crippen LogP contribution is -2.39. The number of carboxylic acid groups (broad SMARTS) is 1. The Labute approximate surface area is 98.8 Å². The highest BCUT2D eigenvalue weighted by molar-refractivity contribution is 5.69. The Hall–Kier alpha value is -1.23. The molecular weight excluding hydrogens is 230 g/mol. The van der Waals surface area contributed by atoms with Gasteiger partial charge in [-0.3, -0.25) is 0 Å². The fourth-order valence-corrected chi connectivity index (χ4v) is 1.79. The maximum absolute atomic E-state index is 12.4. The Kier molecular flexibility index (Phi) is 4.40. The van der Waals surface area contributed by atoms with Crippen molar-refractivity contribution in [2.75, 3.05) is 0 Å². The van der Waals surface area contributed by atoms with Gasteiger partial charge in [-0.2, -0.15) is 8.78 Å². The Morgan fingerprint density at radius 3 is 2.59 bits per heavy atom. The first kappa shape index (κ1) is 13.8. The minimum absolute atomic E-state index is 0.131. The monoisotopic (exact) mass is 245 g/mol. The molecule has 0 radical (unpaired) electrons. The number of carboxylic acids is 1. The highest BCUT2D eigenvalue weighted by Crippen LogP contribution is 2.34. The topological polar surface area (TPSA) is 49.4 Å². The smallest absolute Gasteiger partial charge is 0.346 e. The van der Waals surface area contributed by atoms with Gasteiger partial charge in [0.2, 0.25) is 0 Å². The Balaban J connectivity index is 2.78. The van der Waals surface area contributed by atoms with Gasteiger partial charge in [-0.25, -0.2) is 0 Å². The highest BCUT2D eigenvalue weighted by atomic mass is 19.3. The summed E-state index contributed by atoms with van der Waals surface area (Å²) >= 11 is 0. The quantitative estimate of drug-likeness (QED) is 0.740. The van der Waals surface area contributed by atoms with Gasteiger partial charge in [0, 0.05) is 12.4 Å². The van der Waals surface area contributed by atoms with Crippen molar-refractivity contribution in [2.24, 2.45) is 5.92 Å². The van der Waals surface area contributed by atoms with Crippen LogP contribution in [0.25, 0.3) is 0 Å². The van der Waals surface area contributed by atoms with E-state index in [9.17, 15) is 18.7 Å². The number of hydrogen-bond donors (Lipinski definition) is 0. The second-order valence-electron chi connectivity index (χ2n) is 4.35. The van der Waals surface area contributed by atoms with Crippen molar-refractivity contribution < 1.29 is 23.4 Å². The Morgan fingerprint density at radius 2 is 2.24 bits per heavy atom. The average molecular weight is 245 g/mol. The first-order valence-corrected chi connectivity index (χ1v) is 5.40. The molecule has 0 aromatic carbocycles. The van der Waals surface area contributed by atoms with Gasteiger partial charge in [0.1, 0.15) is 0 Å². The molecule has 0 amide bonds. The van der Waals surface area contributed by atoms with Crippen LogP contribution in [0.4, 0.5) is 8.78 Å². The van der Waals surface area contributed by atoms with Gasteiger partial charge >= 0.3 is 6.61 Å². The van der Waals surface area contributed by atoms with Gasteiger partial charge in [-0.15, -0.1) is 0 Å². The molecule has 0 heterocycles. The fourth-order valence-electron chi connectivity index (χ4n) is 1.79. The molecule has 0 aliphatic heterocycles. The molecule has 0 aromatic rings. The summed E-state index contributed by atoms with van der Waals surface area (Å²) in [6.45, 7) is 0.715. The lowest BCUT2D eigenvalue weighted by atomic mass is 9.82. The molecule has 1 unspecified atom stereocenters. The van der Waals surface area contributed by atoms with Gasteiger partial charge < -0.3 is 14.6 Å². The number of aliphatic carboxylic acids is 1. The second kappa shape index (κ2) is 5.40. The summed E-state index contributed by atoms with van der Waals surface area (Å²) in [5, 5.41) is 10.4. The van der Waals surface area contributed by atoms with E-state index in [2.05, 4.69) is 4.74 Å². The average Bonchev–Trinajstić information content (AvgIpc) is 2.19. The molecule has 0 fully saturated rings. The van der Waals surface area contributed by atoms with E-state index in [0.29, 0.717) is 5.57 Å². The van der Waals surface area contributed by atoms with E-state index in [1.165, 1.54) is 12.2 Å². The lowest BCUT2D eigenvalue weighted by Gasteiger charge is -2.35. The predicted octanol–water partition coefficient (Wildman–Crippen LogP) is 1.65. The van der Waals surface area contributed by atoms with Crippen LogP contribution in [0.2, 0.25) is 0 Å². The number of carbonyl (C=O) groups excluding carboxylic acids is 1. The van der Waals surface area contributed by atoms with Crippen LogP contribution in [0, 0.1) is 5.92 Å². The zero-order chi connectivity index (χ0) is 13.1. The maximum Gasteiger partial charge on any atom is 0.346 e. The first-order chi connectivity index (χ1) is 7.85. The zero-order valence-corrected chi connectivity index (χ0v) is 9.78. The number of allylic oxidation sites excluding steroid dienone is 1. The van der Waals surface area contributed by atoms with E-state index < -0.39 is 18.2 Å². The van der Waals surface area contributed by atoms with Crippen molar-refractivity contribution in [2.45, 2.75) is 38.9 Å². The third kappa shape index (κ3) is 3.63. The Bertz CT molecular complexity index is 348. The van der Waals surface area contributed by atoms with Gasteiger partial charge in [0.15, 0.2) is 0 Å². The van der Waals surface area contributed by atoms with Gasteiger partial charge in [-0.05, 0) is 17.9 Å². The minimum Gasteiger partial charge on any atom is -0.550 e. The molecule has 1 aliphatic carbocycles. The Morgan fingerprint density at radius 1 is 1.59 bits per heavy atom. The van der Waals surface area contributed by atoms with Crippen LogP contribution in [0.15, 0.2) is 23.8 Å².